The van der Waals surface area contributed by atoms with Crippen LogP contribution in [-0.2, 0) is 5.66 Å². The monoisotopic (exact) mass is 306 g/mol. The van der Waals surface area contributed by atoms with E-state index in [0.29, 0.717) is 6.54 Å². The van der Waals surface area contributed by atoms with Gasteiger partial charge in [0.25, 0.3) is 5.91 Å². The molecule has 3 nitrogen and oxygen atoms in total. The van der Waals surface area contributed by atoms with E-state index in [1.807, 2.05) is 47.4 Å². The second-order valence-electron chi connectivity index (χ2n) is 5.85. The number of carbonyl (C=O) groups is 1. The van der Waals surface area contributed by atoms with Crippen molar-refractivity contribution < 1.29 is 4.79 Å². The fraction of sp³-hybridized carbons (Fsp3) is 0.250. The molecule has 0 aliphatic carbocycles. The van der Waals surface area contributed by atoms with Crippen LogP contribution < -0.4 is 5.32 Å². The van der Waals surface area contributed by atoms with E-state index in [0.717, 1.165) is 29.7 Å². The van der Waals surface area contributed by atoms with Crippen molar-refractivity contribution >= 4 is 11.6 Å². The number of hydrogen-bond acceptors (Lipinski definition) is 2. The van der Waals surface area contributed by atoms with Gasteiger partial charge in [0.05, 0.1) is 5.56 Å². The van der Waals surface area contributed by atoms with E-state index in [1.54, 1.807) is 6.08 Å². The Bertz CT molecular complexity index is 711. The van der Waals surface area contributed by atoms with E-state index in [1.165, 1.54) is 0 Å². The van der Waals surface area contributed by atoms with Crippen LogP contribution in [0.4, 0.5) is 5.69 Å². The lowest BCUT2D eigenvalue weighted by Crippen LogP contribution is -2.57. The minimum absolute atomic E-state index is 0.0524. The molecule has 3 rings (SSSR count). The average molecular weight is 306 g/mol. The van der Waals surface area contributed by atoms with Gasteiger partial charge < -0.3 is 10.2 Å². The topological polar surface area (TPSA) is 32.3 Å². The highest BCUT2D eigenvalue weighted by Crippen LogP contribution is 2.40. The zero-order valence-corrected chi connectivity index (χ0v) is 13.5. The molecule has 1 N–H and O–H groups in total. The summed E-state index contributed by atoms with van der Waals surface area (Å²) in [6, 6.07) is 17.9. The Balaban J connectivity index is 2.20. The fourth-order valence-electron chi connectivity index (χ4n) is 3.40. The van der Waals surface area contributed by atoms with Crippen LogP contribution in [0, 0.1) is 0 Å². The number of amides is 1. The number of fused-ring (bicyclic) bond motifs is 1. The lowest BCUT2D eigenvalue weighted by Gasteiger charge is -2.48. The molecule has 2 aromatic carbocycles. The van der Waals surface area contributed by atoms with Gasteiger partial charge in [-0.05, 0) is 24.1 Å². The third kappa shape index (κ3) is 2.52. The first-order chi connectivity index (χ1) is 11.2. The van der Waals surface area contributed by atoms with Gasteiger partial charge in [-0.25, -0.2) is 0 Å². The van der Waals surface area contributed by atoms with Crippen molar-refractivity contribution in [1.29, 1.82) is 0 Å². The van der Waals surface area contributed by atoms with E-state index in [9.17, 15) is 4.79 Å². The maximum absolute atomic E-state index is 13.1. The van der Waals surface area contributed by atoms with E-state index in [-0.39, 0.29) is 5.91 Å². The van der Waals surface area contributed by atoms with E-state index >= 15 is 0 Å². The molecule has 3 heteroatoms. The predicted molar refractivity (Wildman–Crippen MR) is 94.3 cm³/mol. The molecule has 1 unspecified atom stereocenters. The van der Waals surface area contributed by atoms with Gasteiger partial charge in [0.2, 0.25) is 0 Å². The molecule has 0 spiro atoms. The molecular formula is C20H22N2O. The van der Waals surface area contributed by atoms with Crippen LogP contribution >= 0.6 is 0 Å². The van der Waals surface area contributed by atoms with Crippen molar-refractivity contribution in [3.05, 3.63) is 78.4 Å². The SMILES string of the molecule is C=CCN1C(=O)c2ccccc2NC1(CCC)c1ccccc1. The van der Waals surface area contributed by atoms with Crippen molar-refractivity contribution in [2.75, 3.05) is 11.9 Å². The van der Waals surface area contributed by atoms with E-state index in [2.05, 4.69) is 31.0 Å². The normalized spacial score (nSPS) is 19.9. The van der Waals surface area contributed by atoms with Crippen molar-refractivity contribution in [3.63, 3.8) is 0 Å². The average Bonchev–Trinajstić information content (AvgIpc) is 2.59. The van der Waals surface area contributed by atoms with Crippen LogP contribution in [0.15, 0.2) is 67.3 Å². The van der Waals surface area contributed by atoms with Gasteiger partial charge in [-0.3, -0.25) is 4.79 Å². The standard InChI is InChI=1S/C20H22N2O/c1-3-14-20(16-10-6-5-7-11-16)21-18-13-9-8-12-17(18)19(23)22(20)15-4-2/h4-13,21H,2-3,14-15H2,1H3. The van der Waals surface area contributed by atoms with Crippen molar-refractivity contribution in [2.45, 2.75) is 25.4 Å². The Morgan fingerprint density at radius 1 is 1.13 bits per heavy atom. The molecule has 1 heterocycles. The molecule has 0 saturated carbocycles. The highest BCUT2D eigenvalue weighted by molar-refractivity contribution is 6.02. The lowest BCUT2D eigenvalue weighted by molar-refractivity contribution is 0.0511. The predicted octanol–water partition coefficient (Wildman–Crippen LogP) is 4.39. The summed E-state index contributed by atoms with van der Waals surface area (Å²) in [6.45, 7) is 6.49. The summed E-state index contributed by atoms with van der Waals surface area (Å²) in [6.07, 6.45) is 3.59. The Morgan fingerprint density at radius 2 is 1.83 bits per heavy atom. The highest BCUT2D eigenvalue weighted by atomic mass is 16.2. The molecule has 1 amide bonds. The third-order valence-corrected chi connectivity index (χ3v) is 4.38. The summed E-state index contributed by atoms with van der Waals surface area (Å²) in [5.74, 6) is 0.0524. The molecule has 23 heavy (non-hydrogen) atoms. The summed E-state index contributed by atoms with van der Waals surface area (Å²) in [5.41, 5.74) is 2.19. The van der Waals surface area contributed by atoms with Crippen LogP contribution in [0.1, 0.15) is 35.7 Å². The first-order valence-corrected chi connectivity index (χ1v) is 8.08. The third-order valence-electron chi connectivity index (χ3n) is 4.38. The molecule has 118 valence electrons. The minimum Gasteiger partial charge on any atom is -0.358 e. The number of para-hydroxylation sites is 1. The summed E-state index contributed by atoms with van der Waals surface area (Å²) in [7, 11) is 0. The summed E-state index contributed by atoms with van der Waals surface area (Å²) < 4.78 is 0. The first-order valence-electron chi connectivity index (χ1n) is 8.08. The molecule has 0 bridgehead atoms. The number of benzene rings is 2. The van der Waals surface area contributed by atoms with Gasteiger partial charge in [0, 0.05) is 12.2 Å². The summed E-state index contributed by atoms with van der Waals surface area (Å²) >= 11 is 0. The van der Waals surface area contributed by atoms with Gasteiger partial charge in [0.15, 0.2) is 0 Å². The van der Waals surface area contributed by atoms with Gasteiger partial charge in [-0.2, -0.15) is 0 Å². The van der Waals surface area contributed by atoms with Gasteiger partial charge >= 0.3 is 0 Å². The molecule has 0 aromatic heterocycles. The van der Waals surface area contributed by atoms with Crippen LogP contribution in [0.2, 0.25) is 0 Å². The number of rotatable bonds is 5. The number of nitrogens with one attached hydrogen (secondary N) is 1. The molecule has 1 atom stereocenters. The quantitative estimate of drug-likeness (QED) is 0.831. The molecule has 0 saturated heterocycles. The fourth-order valence-corrected chi connectivity index (χ4v) is 3.40. The zero-order valence-electron chi connectivity index (χ0n) is 13.5. The first kappa shape index (κ1) is 15.3. The molecule has 2 aromatic rings. The maximum Gasteiger partial charge on any atom is 0.258 e. The summed E-state index contributed by atoms with van der Waals surface area (Å²) in [5, 5.41) is 3.65. The molecule has 1 aliphatic rings. The Kier molecular flexibility index (Phi) is 4.20. The van der Waals surface area contributed by atoms with Crippen LogP contribution in [-0.4, -0.2) is 17.4 Å². The number of nitrogens with zero attached hydrogens (tertiary/aromatic N) is 1. The van der Waals surface area contributed by atoms with Crippen LogP contribution in [0.5, 0.6) is 0 Å². The van der Waals surface area contributed by atoms with Crippen molar-refractivity contribution in [1.82, 2.24) is 4.90 Å². The molecule has 0 radical (unpaired) electrons. The van der Waals surface area contributed by atoms with Crippen molar-refractivity contribution in [2.24, 2.45) is 0 Å². The van der Waals surface area contributed by atoms with Crippen LogP contribution in [0.3, 0.4) is 0 Å². The lowest BCUT2D eigenvalue weighted by atomic mass is 9.88. The minimum atomic E-state index is -0.532. The second kappa shape index (κ2) is 6.29. The van der Waals surface area contributed by atoms with Gasteiger partial charge in [-0.1, -0.05) is 61.9 Å². The Labute approximate surface area is 137 Å². The molecular weight excluding hydrogens is 284 g/mol. The van der Waals surface area contributed by atoms with E-state index < -0.39 is 5.66 Å². The zero-order chi connectivity index (χ0) is 16.3. The summed E-state index contributed by atoms with van der Waals surface area (Å²) in [4.78, 5) is 15.0. The van der Waals surface area contributed by atoms with Crippen molar-refractivity contribution in [3.8, 4) is 0 Å². The number of hydrogen-bond donors (Lipinski definition) is 1. The smallest absolute Gasteiger partial charge is 0.258 e. The highest BCUT2D eigenvalue weighted by Gasteiger charge is 2.44. The molecule has 1 aliphatic heterocycles. The maximum atomic E-state index is 13.1. The number of carbonyl (C=O) groups excluding carboxylic acids is 1. The Morgan fingerprint density at radius 3 is 2.52 bits per heavy atom. The van der Waals surface area contributed by atoms with E-state index in [4.69, 9.17) is 0 Å². The molecule has 0 fully saturated rings. The number of anilines is 1. The Hall–Kier alpha value is -2.55. The van der Waals surface area contributed by atoms with Gasteiger partial charge in [0.1, 0.15) is 5.66 Å². The van der Waals surface area contributed by atoms with Crippen LogP contribution in [0.25, 0.3) is 0 Å². The van der Waals surface area contributed by atoms with Gasteiger partial charge in [-0.15, -0.1) is 6.58 Å². The second-order valence-corrected chi connectivity index (χ2v) is 5.85. The largest absolute Gasteiger partial charge is 0.358 e.